The predicted molar refractivity (Wildman–Crippen MR) is 118 cm³/mol. The first-order valence-electron chi connectivity index (χ1n) is 11.0. The molecule has 1 amide bonds. The number of fused-ring (bicyclic) bond motifs is 1. The number of nitrogens with one attached hydrogen (secondary N) is 1. The fourth-order valence-electron chi connectivity index (χ4n) is 4.87. The van der Waals surface area contributed by atoms with Gasteiger partial charge in [-0.05, 0) is 43.0 Å². The van der Waals surface area contributed by atoms with Crippen molar-refractivity contribution in [3.05, 3.63) is 23.8 Å². The highest BCUT2D eigenvalue weighted by atomic mass is 32.2. The normalized spacial score (nSPS) is 21.1. The Kier molecular flexibility index (Phi) is 7.55. The van der Waals surface area contributed by atoms with Gasteiger partial charge in [-0.3, -0.25) is 9.69 Å². The molecule has 0 aliphatic carbocycles. The zero-order valence-corrected chi connectivity index (χ0v) is 19.4. The molecule has 1 saturated heterocycles. The van der Waals surface area contributed by atoms with Gasteiger partial charge in [0.25, 0.3) is 0 Å². The Morgan fingerprint density at radius 2 is 1.90 bits per heavy atom. The van der Waals surface area contributed by atoms with E-state index in [4.69, 9.17) is 4.74 Å². The molecule has 168 valence electrons. The van der Waals surface area contributed by atoms with E-state index in [-0.39, 0.29) is 22.9 Å². The van der Waals surface area contributed by atoms with Crippen LogP contribution in [0.15, 0.2) is 23.1 Å². The van der Waals surface area contributed by atoms with Crippen LogP contribution in [0.1, 0.15) is 46.1 Å². The summed E-state index contributed by atoms with van der Waals surface area (Å²) >= 11 is 0. The monoisotopic (exact) mass is 437 g/mol. The van der Waals surface area contributed by atoms with E-state index in [0.717, 1.165) is 37.2 Å². The van der Waals surface area contributed by atoms with Crippen LogP contribution in [0.25, 0.3) is 0 Å². The van der Waals surface area contributed by atoms with Gasteiger partial charge in [-0.2, -0.15) is 0 Å². The molecule has 0 saturated carbocycles. The van der Waals surface area contributed by atoms with Gasteiger partial charge in [0, 0.05) is 44.3 Å². The number of morpholine rings is 1. The molecule has 2 aliphatic heterocycles. The highest BCUT2D eigenvalue weighted by Gasteiger charge is 2.31. The Morgan fingerprint density at radius 3 is 2.50 bits per heavy atom. The van der Waals surface area contributed by atoms with E-state index in [9.17, 15) is 13.2 Å². The highest BCUT2D eigenvalue weighted by molar-refractivity contribution is 7.89. The molecule has 1 aromatic rings. The second-order valence-corrected chi connectivity index (χ2v) is 10.1. The molecule has 7 nitrogen and oxygen atoms in total. The summed E-state index contributed by atoms with van der Waals surface area (Å²) in [5.74, 6) is 0.407. The molecule has 0 aromatic heterocycles. The summed E-state index contributed by atoms with van der Waals surface area (Å²) in [5.41, 5.74) is 1.72. The molecule has 30 heavy (non-hydrogen) atoms. The van der Waals surface area contributed by atoms with Gasteiger partial charge >= 0.3 is 0 Å². The van der Waals surface area contributed by atoms with E-state index in [0.29, 0.717) is 32.1 Å². The third-order valence-electron chi connectivity index (χ3n) is 6.51. The Bertz CT molecular complexity index is 848. The third kappa shape index (κ3) is 4.88. The van der Waals surface area contributed by atoms with Gasteiger partial charge in [-0.15, -0.1) is 0 Å². The van der Waals surface area contributed by atoms with E-state index in [1.54, 1.807) is 30.0 Å². The lowest BCUT2D eigenvalue weighted by atomic mass is 9.92. The van der Waals surface area contributed by atoms with Crippen molar-refractivity contribution < 1.29 is 17.9 Å². The maximum absolute atomic E-state index is 13.1. The number of hydrogen-bond donors (Lipinski definition) is 1. The molecular weight excluding hydrogens is 402 g/mol. The smallest absolute Gasteiger partial charge is 0.240 e. The molecule has 1 N–H and O–H groups in total. The average molecular weight is 438 g/mol. The van der Waals surface area contributed by atoms with Crippen LogP contribution < -0.4 is 9.62 Å². The SMILES string of the molecule is CCC(CC)C(CNS(=O)(=O)c1ccc2c(c1)CC(C)N2C(C)=O)N1CCOCC1. The van der Waals surface area contributed by atoms with Crippen LogP contribution in [0.4, 0.5) is 5.69 Å². The predicted octanol–water partition coefficient (Wildman–Crippen LogP) is 2.40. The average Bonchev–Trinajstić information content (AvgIpc) is 3.06. The van der Waals surface area contributed by atoms with Gasteiger partial charge in [-0.25, -0.2) is 13.1 Å². The summed E-state index contributed by atoms with van der Waals surface area (Å²) in [5, 5.41) is 0. The van der Waals surface area contributed by atoms with Crippen LogP contribution in [-0.2, 0) is 26.0 Å². The number of ether oxygens (including phenoxy) is 1. The lowest BCUT2D eigenvalue weighted by molar-refractivity contribution is -0.116. The molecule has 2 unspecified atom stereocenters. The maximum atomic E-state index is 13.1. The largest absolute Gasteiger partial charge is 0.379 e. The summed E-state index contributed by atoms with van der Waals surface area (Å²) in [4.78, 5) is 16.3. The van der Waals surface area contributed by atoms with Crippen molar-refractivity contribution in [3.8, 4) is 0 Å². The van der Waals surface area contributed by atoms with Gasteiger partial charge in [0.1, 0.15) is 0 Å². The van der Waals surface area contributed by atoms with Crippen molar-refractivity contribution in [2.24, 2.45) is 5.92 Å². The van der Waals surface area contributed by atoms with Crippen molar-refractivity contribution in [1.29, 1.82) is 0 Å². The molecule has 1 fully saturated rings. The summed E-state index contributed by atoms with van der Waals surface area (Å²) in [7, 11) is -3.63. The lowest BCUT2D eigenvalue weighted by Gasteiger charge is -2.38. The summed E-state index contributed by atoms with van der Waals surface area (Å²) < 4.78 is 34.5. The molecule has 3 rings (SSSR count). The second-order valence-electron chi connectivity index (χ2n) is 8.38. The fourth-order valence-corrected chi connectivity index (χ4v) is 5.97. The first-order chi connectivity index (χ1) is 14.3. The maximum Gasteiger partial charge on any atom is 0.240 e. The molecule has 0 spiro atoms. The Labute approximate surface area is 180 Å². The van der Waals surface area contributed by atoms with E-state index in [1.807, 2.05) is 6.92 Å². The molecule has 0 bridgehead atoms. The van der Waals surface area contributed by atoms with Gasteiger partial charge in [0.05, 0.1) is 18.1 Å². The molecule has 1 aromatic carbocycles. The van der Waals surface area contributed by atoms with Crippen LogP contribution in [-0.4, -0.2) is 64.2 Å². The van der Waals surface area contributed by atoms with Crippen molar-refractivity contribution in [2.45, 2.75) is 63.9 Å². The second kappa shape index (κ2) is 9.77. The van der Waals surface area contributed by atoms with E-state index >= 15 is 0 Å². The van der Waals surface area contributed by atoms with Crippen molar-refractivity contribution in [3.63, 3.8) is 0 Å². The topological polar surface area (TPSA) is 79.0 Å². The molecule has 2 atom stereocenters. The number of nitrogens with zero attached hydrogens (tertiary/aromatic N) is 2. The third-order valence-corrected chi connectivity index (χ3v) is 7.93. The van der Waals surface area contributed by atoms with Crippen LogP contribution in [0.2, 0.25) is 0 Å². The summed E-state index contributed by atoms with van der Waals surface area (Å²) in [6.45, 7) is 11.3. The minimum atomic E-state index is -3.63. The van der Waals surface area contributed by atoms with E-state index in [2.05, 4.69) is 23.5 Å². The van der Waals surface area contributed by atoms with Crippen LogP contribution >= 0.6 is 0 Å². The quantitative estimate of drug-likeness (QED) is 0.676. The first-order valence-corrected chi connectivity index (χ1v) is 12.5. The number of sulfonamides is 1. The van der Waals surface area contributed by atoms with Crippen LogP contribution in [0, 0.1) is 5.92 Å². The van der Waals surface area contributed by atoms with Gasteiger partial charge in [-0.1, -0.05) is 26.7 Å². The molecular formula is C22H35N3O4S. The number of benzene rings is 1. The number of hydrogen-bond acceptors (Lipinski definition) is 5. The van der Waals surface area contributed by atoms with Crippen molar-refractivity contribution in [1.82, 2.24) is 9.62 Å². The standard InChI is InChI=1S/C22H35N3O4S/c1-5-18(6-2)22(24-9-11-29-12-10-24)15-23-30(27,28)20-7-8-21-19(14-20)13-16(3)25(21)17(4)26/h7-8,14,16,18,22-23H,5-6,9-13,15H2,1-4H3. The molecule has 8 heteroatoms. The Balaban J connectivity index is 1.77. The Morgan fingerprint density at radius 1 is 1.23 bits per heavy atom. The number of carbonyl (C=O) groups is 1. The van der Waals surface area contributed by atoms with E-state index in [1.165, 1.54) is 0 Å². The van der Waals surface area contributed by atoms with Gasteiger partial charge in [0.15, 0.2) is 0 Å². The molecule has 2 aliphatic rings. The van der Waals surface area contributed by atoms with Crippen molar-refractivity contribution in [2.75, 3.05) is 37.7 Å². The van der Waals surface area contributed by atoms with E-state index < -0.39 is 10.0 Å². The minimum Gasteiger partial charge on any atom is -0.379 e. The molecule has 0 radical (unpaired) electrons. The molecule has 2 heterocycles. The number of anilines is 1. The highest BCUT2D eigenvalue weighted by Crippen LogP contribution is 2.34. The van der Waals surface area contributed by atoms with Crippen LogP contribution in [0.3, 0.4) is 0 Å². The van der Waals surface area contributed by atoms with Crippen LogP contribution in [0.5, 0.6) is 0 Å². The van der Waals surface area contributed by atoms with Gasteiger partial charge < -0.3 is 9.64 Å². The number of amides is 1. The first kappa shape index (κ1) is 23.2. The minimum absolute atomic E-state index is 0.0199. The number of carbonyl (C=O) groups excluding carboxylic acids is 1. The van der Waals surface area contributed by atoms with Gasteiger partial charge in [0.2, 0.25) is 15.9 Å². The van der Waals surface area contributed by atoms with Crippen molar-refractivity contribution >= 4 is 21.6 Å². The fraction of sp³-hybridized carbons (Fsp3) is 0.682. The summed E-state index contributed by atoms with van der Waals surface area (Å²) in [6.07, 6.45) is 2.69. The summed E-state index contributed by atoms with van der Waals surface area (Å²) in [6, 6.07) is 5.29. The zero-order chi connectivity index (χ0) is 21.9. The Hall–Kier alpha value is -1.48. The number of rotatable bonds is 8. The lowest BCUT2D eigenvalue weighted by Crippen LogP contribution is -2.52. The zero-order valence-electron chi connectivity index (χ0n) is 18.6.